The number of nitrogens with zero attached hydrogens (tertiary/aromatic N) is 2. The fourth-order valence-electron chi connectivity index (χ4n) is 6.31. The van der Waals surface area contributed by atoms with E-state index in [1.807, 2.05) is 24.0 Å². The molecular weight excluding hydrogens is 422 g/mol. The van der Waals surface area contributed by atoms with Crippen molar-refractivity contribution in [2.24, 2.45) is 5.41 Å². The second-order valence-electron chi connectivity index (χ2n) is 11.1. The Balaban J connectivity index is 1.07. The second kappa shape index (κ2) is 9.71. The minimum atomic E-state index is 0.0498. The van der Waals surface area contributed by atoms with Crippen LogP contribution in [-0.4, -0.2) is 59.1 Å². The van der Waals surface area contributed by atoms with Crippen molar-refractivity contribution in [1.82, 2.24) is 15.1 Å². The molecule has 0 aromatic heterocycles. The van der Waals surface area contributed by atoms with Crippen molar-refractivity contribution in [2.75, 3.05) is 26.2 Å². The number of rotatable bonds is 5. The van der Waals surface area contributed by atoms with Crippen LogP contribution in [0.5, 0.6) is 5.75 Å². The number of phenols is 1. The molecule has 34 heavy (non-hydrogen) atoms. The number of carbonyl (C=O) groups is 1. The molecule has 2 aliphatic heterocycles. The first-order valence-electron chi connectivity index (χ1n) is 13.0. The monoisotopic (exact) mass is 461 g/mol. The van der Waals surface area contributed by atoms with E-state index in [1.165, 1.54) is 56.2 Å². The van der Waals surface area contributed by atoms with E-state index < -0.39 is 0 Å². The molecule has 2 heterocycles. The molecule has 5 heteroatoms. The Bertz CT molecular complexity index is 1020. The largest absolute Gasteiger partial charge is 0.508 e. The summed E-state index contributed by atoms with van der Waals surface area (Å²) >= 11 is 0. The van der Waals surface area contributed by atoms with Gasteiger partial charge in [0.2, 0.25) is 0 Å². The highest BCUT2D eigenvalue weighted by molar-refractivity contribution is 5.95. The first kappa shape index (κ1) is 23.4. The van der Waals surface area contributed by atoms with Gasteiger partial charge >= 0.3 is 0 Å². The Morgan fingerprint density at radius 3 is 2.62 bits per heavy atom. The highest BCUT2D eigenvalue weighted by Crippen LogP contribution is 2.44. The maximum atomic E-state index is 12.8. The Hall–Kier alpha value is -2.37. The van der Waals surface area contributed by atoms with Crippen LogP contribution in [0.15, 0.2) is 42.5 Å². The van der Waals surface area contributed by atoms with Crippen molar-refractivity contribution in [3.05, 3.63) is 64.7 Å². The van der Waals surface area contributed by atoms with Gasteiger partial charge in [0.25, 0.3) is 5.91 Å². The molecule has 1 unspecified atom stereocenters. The van der Waals surface area contributed by atoms with Crippen LogP contribution in [0.25, 0.3) is 0 Å². The van der Waals surface area contributed by atoms with Crippen LogP contribution in [-0.2, 0) is 13.0 Å². The smallest absolute Gasteiger partial charge is 0.254 e. The number of hydrogen-bond donors (Lipinski definition) is 2. The molecule has 182 valence electrons. The quantitative estimate of drug-likeness (QED) is 0.688. The number of benzene rings is 2. The highest BCUT2D eigenvalue weighted by atomic mass is 16.3. The Kier molecular flexibility index (Phi) is 6.67. The number of aryl methyl sites for hydroxylation is 2. The summed E-state index contributed by atoms with van der Waals surface area (Å²) in [5.41, 5.74) is 4.72. The zero-order chi connectivity index (χ0) is 23.7. The molecule has 2 fully saturated rings. The number of hydrogen-bond acceptors (Lipinski definition) is 4. The normalized spacial score (nSPS) is 21.5. The van der Waals surface area contributed by atoms with E-state index in [-0.39, 0.29) is 11.7 Å². The number of nitrogens with one attached hydrogen (secondary N) is 1. The lowest BCUT2D eigenvalue weighted by molar-refractivity contribution is -0.0210. The molecule has 2 aromatic carbocycles. The minimum Gasteiger partial charge on any atom is -0.508 e. The van der Waals surface area contributed by atoms with Gasteiger partial charge in [0.15, 0.2) is 0 Å². The van der Waals surface area contributed by atoms with Crippen LogP contribution in [0, 0.1) is 12.3 Å². The summed E-state index contributed by atoms with van der Waals surface area (Å²) in [5, 5.41) is 13.9. The van der Waals surface area contributed by atoms with E-state index >= 15 is 0 Å². The molecule has 0 radical (unpaired) electrons. The van der Waals surface area contributed by atoms with Crippen molar-refractivity contribution >= 4 is 5.91 Å². The molecular formula is C29H39N3O2. The van der Waals surface area contributed by atoms with E-state index in [2.05, 4.69) is 41.4 Å². The molecule has 1 spiro atoms. The molecule has 5 nitrogen and oxygen atoms in total. The maximum Gasteiger partial charge on any atom is 0.254 e. The van der Waals surface area contributed by atoms with Crippen molar-refractivity contribution in [3.8, 4) is 5.75 Å². The van der Waals surface area contributed by atoms with Crippen LogP contribution >= 0.6 is 0 Å². The average Bonchev–Trinajstić information content (AvgIpc) is 3.01. The predicted octanol–water partition coefficient (Wildman–Crippen LogP) is 4.51. The van der Waals surface area contributed by atoms with Gasteiger partial charge in [-0.1, -0.05) is 30.3 Å². The van der Waals surface area contributed by atoms with Crippen LogP contribution in [0.4, 0.5) is 0 Å². The molecule has 1 atom stereocenters. The maximum absolute atomic E-state index is 12.8. The van der Waals surface area contributed by atoms with Crippen LogP contribution < -0.4 is 5.32 Å². The van der Waals surface area contributed by atoms with Gasteiger partial charge < -0.3 is 15.3 Å². The molecule has 1 aliphatic carbocycles. The average molecular weight is 462 g/mol. The van der Waals surface area contributed by atoms with Gasteiger partial charge in [0.1, 0.15) is 5.75 Å². The van der Waals surface area contributed by atoms with Gasteiger partial charge in [-0.05, 0) is 87.7 Å². The summed E-state index contributed by atoms with van der Waals surface area (Å²) in [7, 11) is 0. The first-order chi connectivity index (χ1) is 16.4. The molecule has 0 bridgehead atoms. The summed E-state index contributed by atoms with van der Waals surface area (Å²) in [6, 6.07) is 15.2. The van der Waals surface area contributed by atoms with Crippen molar-refractivity contribution in [2.45, 2.75) is 71.0 Å². The van der Waals surface area contributed by atoms with Gasteiger partial charge in [-0.25, -0.2) is 0 Å². The van der Waals surface area contributed by atoms with Gasteiger partial charge in [-0.3, -0.25) is 9.69 Å². The van der Waals surface area contributed by atoms with Gasteiger partial charge in [0, 0.05) is 49.2 Å². The molecule has 2 aromatic rings. The predicted molar refractivity (Wildman–Crippen MR) is 136 cm³/mol. The lowest BCUT2D eigenvalue weighted by Gasteiger charge is -2.53. The van der Waals surface area contributed by atoms with Gasteiger partial charge in [-0.2, -0.15) is 0 Å². The Morgan fingerprint density at radius 1 is 1.15 bits per heavy atom. The number of aromatic hydroxyl groups is 1. The molecule has 1 saturated carbocycles. The number of likely N-dealkylation sites (tertiary alicyclic amines) is 1. The number of carbonyl (C=O) groups excluding carboxylic acids is 1. The first-order valence-corrected chi connectivity index (χ1v) is 13.0. The van der Waals surface area contributed by atoms with Crippen LogP contribution in [0.2, 0.25) is 0 Å². The Morgan fingerprint density at radius 2 is 1.88 bits per heavy atom. The van der Waals surface area contributed by atoms with Crippen LogP contribution in [0.1, 0.15) is 66.1 Å². The standard InChI is InChI=1S/C29H39N3O2/c1-21-9-10-24(16-27(21)33)28(34)32-19-29(20-32)13-11-26(12-14-29)30-22(2)17-31-15-5-8-23-6-3-4-7-25(23)18-31/h3-4,6-7,9-10,16,22,26,30,33H,5,8,11-15,17-20H2,1-2H3. The third kappa shape index (κ3) is 5.01. The van der Waals surface area contributed by atoms with Crippen molar-refractivity contribution in [1.29, 1.82) is 0 Å². The number of amides is 1. The summed E-state index contributed by atoms with van der Waals surface area (Å²) in [6.07, 6.45) is 7.22. The van der Waals surface area contributed by atoms with E-state index in [0.29, 0.717) is 23.1 Å². The lowest BCUT2D eigenvalue weighted by Crippen LogP contribution is -2.60. The lowest BCUT2D eigenvalue weighted by atomic mass is 9.67. The second-order valence-corrected chi connectivity index (χ2v) is 11.1. The van der Waals surface area contributed by atoms with Crippen LogP contribution in [0.3, 0.4) is 0 Å². The van der Waals surface area contributed by atoms with E-state index in [0.717, 1.165) is 31.7 Å². The summed E-state index contributed by atoms with van der Waals surface area (Å²) in [5.74, 6) is 0.250. The Labute approximate surface area is 204 Å². The van der Waals surface area contributed by atoms with Gasteiger partial charge in [0.05, 0.1) is 0 Å². The summed E-state index contributed by atoms with van der Waals surface area (Å²) in [4.78, 5) is 17.4. The zero-order valence-corrected chi connectivity index (χ0v) is 20.7. The number of phenolic OH excluding ortho intramolecular Hbond substituents is 1. The third-order valence-corrected chi connectivity index (χ3v) is 8.33. The highest BCUT2D eigenvalue weighted by Gasteiger charge is 2.47. The van der Waals surface area contributed by atoms with E-state index in [1.54, 1.807) is 6.07 Å². The van der Waals surface area contributed by atoms with Crippen molar-refractivity contribution < 1.29 is 9.90 Å². The third-order valence-electron chi connectivity index (χ3n) is 8.33. The van der Waals surface area contributed by atoms with Gasteiger partial charge in [-0.15, -0.1) is 0 Å². The molecule has 1 saturated heterocycles. The molecule has 3 aliphatic rings. The molecule has 1 amide bonds. The van der Waals surface area contributed by atoms with Crippen molar-refractivity contribution in [3.63, 3.8) is 0 Å². The minimum absolute atomic E-state index is 0.0498. The summed E-state index contributed by atoms with van der Waals surface area (Å²) in [6.45, 7) is 9.24. The fourth-order valence-corrected chi connectivity index (χ4v) is 6.31. The topological polar surface area (TPSA) is 55.8 Å². The SMILES string of the molecule is Cc1ccc(C(=O)N2CC3(CCC(NC(C)CN4CCCc5ccccc5C4)CC3)C2)cc1O. The number of fused-ring (bicyclic) bond motifs is 1. The van der Waals surface area contributed by atoms with E-state index in [9.17, 15) is 9.90 Å². The van der Waals surface area contributed by atoms with E-state index in [4.69, 9.17) is 0 Å². The molecule has 5 rings (SSSR count). The summed E-state index contributed by atoms with van der Waals surface area (Å²) < 4.78 is 0. The molecule has 2 N–H and O–H groups in total. The fraction of sp³-hybridized carbons (Fsp3) is 0.552. The zero-order valence-electron chi connectivity index (χ0n) is 20.7.